The maximum absolute atomic E-state index is 13.4. The highest BCUT2D eigenvalue weighted by atomic mass is 32.2. The number of hydrogen-bond acceptors (Lipinski definition) is 5. The van der Waals surface area contributed by atoms with Crippen LogP contribution in [-0.4, -0.2) is 50.8 Å². The fraction of sp³-hybridized carbons (Fsp3) is 0.478. The molecule has 1 fully saturated rings. The standard InChI is InChI=1S/C23H31N5OS/c1-24-30(29,15-13-18-6-4-3-5-7-18)16-19-8-10-20(11-9-19)28(2)23-21-12-14-25-22(21)26-17-27-23/h3-7,12,14,17,19-20H,8-11,13,15-16H2,1-2H3,(H,25,26,27). The van der Waals surface area contributed by atoms with Crippen LogP contribution in [0.15, 0.2) is 53.3 Å². The van der Waals surface area contributed by atoms with Gasteiger partial charge in [-0.15, -0.1) is 0 Å². The van der Waals surface area contributed by atoms with Crippen molar-refractivity contribution in [2.24, 2.45) is 10.3 Å². The predicted octanol–water partition coefficient (Wildman–Crippen LogP) is 4.29. The van der Waals surface area contributed by atoms with E-state index in [2.05, 4.69) is 43.4 Å². The molecule has 30 heavy (non-hydrogen) atoms. The molecule has 7 heteroatoms. The number of rotatable bonds is 7. The number of H-pyrrole nitrogens is 1. The van der Waals surface area contributed by atoms with Gasteiger partial charge in [0.05, 0.1) is 5.39 Å². The van der Waals surface area contributed by atoms with Crippen LogP contribution >= 0.6 is 0 Å². The molecule has 0 saturated heterocycles. The third-order valence-electron chi connectivity index (χ3n) is 6.41. The van der Waals surface area contributed by atoms with E-state index in [9.17, 15) is 4.21 Å². The third kappa shape index (κ3) is 4.67. The van der Waals surface area contributed by atoms with E-state index in [0.29, 0.717) is 17.7 Å². The zero-order chi connectivity index (χ0) is 21.0. The van der Waals surface area contributed by atoms with Crippen LogP contribution in [0.1, 0.15) is 31.2 Å². The average molecular weight is 426 g/mol. The molecule has 160 valence electrons. The molecule has 2 heterocycles. The third-order valence-corrected chi connectivity index (χ3v) is 8.91. The number of hydrogen-bond donors (Lipinski definition) is 1. The molecule has 6 nitrogen and oxygen atoms in total. The summed E-state index contributed by atoms with van der Waals surface area (Å²) in [5.41, 5.74) is 2.11. The maximum atomic E-state index is 13.4. The minimum absolute atomic E-state index is 0.452. The molecule has 0 spiro atoms. The van der Waals surface area contributed by atoms with Crippen molar-refractivity contribution < 1.29 is 4.21 Å². The average Bonchev–Trinajstić information content (AvgIpc) is 3.28. The molecule has 2 aromatic heterocycles. The quantitative estimate of drug-likeness (QED) is 0.613. The van der Waals surface area contributed by atoms with Gasteiger partial charge < -0.3 is 9.88 Å². The lowest BCUT2D eigenvalue weighted by Gasteiger charge is -2.35. The number of nitrogens with zero attached hydrogens (tertiary/aromatic N) is 4. The molecule has 0 radical (unpaired) electrons. The van der Waals surface area contributed by atoms with E-state index in [-0.39, 0.29) is 0 Å². The Morgan fingerprint density at radius 3 is 2.63 bits per heavy atom. The van der Waals surface area contributed by atoms with E-state index >= 15 is 0 Å². The summed E-state index contributed by atoms with van der Waals surface area (Å²) in [5, 5.41) is 1.07. The lowest BCUT2D eigenvalue weighted by atomic mass is 9.86. The van der Waals surface area contributed by atoms with E-state index in [4.69, 9.17) is 0 Å². The lowest BCUT2D eigenvalue weighted by Crippen LogP contribution is -2.37. The van der Waals surface area contributed by atoms with Crippen molar-refractivity contribution in [3.63, 3.8) is 0 Å². The summed E-state index contributed by atoms with van der Waals surface area (Å²) in [5.74, 6) is 2.85. The van der Waals surface area contributed by atoms with Crippen molar-refractivity contribution in [3.05, 3.63) is 54.5 Å². The van der Waals surface area contributed by atoms with Crippen molar-refractivity contribution in [1.82, 2.24) is 15.0 Å². The highest BCUT2D eigenvalue weighted by Gasteiger charge is 2.28. The van der Waals surface area contributed by atoms with Gasteiger partial charge >= 0.3 is 0 Å². The fourth-order valence-electron chi connectivity index (χ4n) is 4.55. The van der Waals surface area contributed by atoms with Crippen LogP contribution in [0.3, 0.4) is 0 Å². The minimum Gasteiger partial charge on any atom is -0.356 e. The van der Waals surface area contributed by atoms with E-state index in [1.165, 1.54) is 5.56 Å². The zero-order valence-electron chi connectivity index (χ0n) is 17.8. The molecule has 0 aliphatic heterocycles. The van der Waals surface area contributed by atoms with Crippen LogP contribution in [0.4, 0.5) is 5.82 Å². The highest BCUT2D eigenvalue weighted by molar-refractivity contribution is 7.93. The summed E-state index contributed by atoms with van der Waals surface area (Å²) >= 11 is 0. The van der Waals surface area contributed by atoms with Crippen LogP contribution in [0, 0.1) is 5.92 Å². The number of aryl methyl sites for hydroxylation is 1. The topological polar surface area (TPSA) is 74.2 Å². The van der Waals surface area contributed by atoms with Crippen LogP contribution in [-0.2, 0) is 16.1 Å². The zero-order valence-corrected chi connectivity index (χ0v) is 18.6. The predicted molar refractivity (Wildman–Crippen MR) is 124 cm³/mol. The van der Waals surface area contributed by atoms with Gasteiger partial charge in [-0.2, -0.15) is 0 Å². The first-order valence-electron chi connectivity index (χ1n) is 10.7. The van der Waals surface area contributed by atoms with Gasteiger partial charge in [0, 0.05) is 47.6 Å². The largest absolute Gasteiger partial charge is 0.356 e. The van der Waals surface area contributed by atoms with Crippen molar-refractivity contribution in [2.45, 2.75) is 38.1 Å². The van der Waals surface area contributed by atoms with Crippen molar-refractivity contribution in [2.75, 3.05) is 30.5 Å². The van der Waals surface area contributed by atoms with Crippen molar-refractivity contribution in [3.8, 4) is 0 Å². The first-order chi connectivity index (χ1) is 14.6. The molecule has 1 aliphatic carbocycles. The number of benzene rings is 1. The van der Waals surface area contributed by atoms with Gasteiger partial charge in [-0.25, -0.2) is 18.5 Å². The van der Waals surface area contributed by atoms with Gasteiger partial charge in [0.15, 0.2) is 0 Å². The van der Waals surface area contributed by atoms with Gasteiger partial charge in [0.2, 0.25) is 0 Å². The number of aromatic nitrogens is 3. The van der Waals surface area contributed by atoms with E-state index in [0.717, 1.165) is 54.7 Å². The van der Waals surface area contributed by atoms with E-state index in [1.807, 2.05) is 30.5 Å². The molecule has 4 rings (SSSR count). The molecule has 0 amide bonds. The molecule has 1 N–H and O–H groups in total. The molecular weight excluding hydrogens is 394 g/mol. The van der Waals surface area contributed by atoms with Gasteiger partial charge in [-0.05, 0) is 49.7 Å². The van der Waals surface area contributed by atoms with Gasteiger partial charge in [0.25, 0.3) is 0 Å². The van der Waals surface area contributed by atoms with E-state index < -0.39 is 9.73 Å². The van der Waals surface area contributed by atoms with Crippen LogP contribution in [0.5, 0.6) is 0 Å². The number of aromatic amines is 1. The van der Waals surface area contributed by atoms with Gasteiger partial charge in [0.1, 0.15) is 17.8 Å². The summed E-state index contributed by atoms with van der Waals surface area (Å²) in [6.07, 6.45) is 8.73. The Labute approximate surface area is 179 Å². The van der Waals surface area contributed by atoms with Crippen molar-refractivity contribution >= 4 is 26.6 Å². The summed E-state index contributed by atoms with van der Waals surface area (Å²) in [6.45, 7) is 0. The Bertz CT molecular complexity index is 1080. The Morgan fingerprint density at radius 2 is 1.90 bits per heavy atom. The summed E-state index contributed by atoms with van der Waals surface area (Å²) in [7, 11) is 1.71. The maximum Gasteiger partial charge on any atom is 0.142 e. The second-order valence-corrected chi connectivity index (χ2v) is 10.9. The Hall–Kier alpha value is -2.41. The fourth-order valence-corrected chi connectivity index (χ4v) is 6.67. The van der Waals surface area contributed by atoms with Gasteiger partial charge in [-0.1, -0.05) is 30.3 Å². The molecule has 1 aromatic carbocycles. The highest BCUT2D eigenvalue weighted by Crippen LogP contribution is 2.32. The van der Waals surface area contributed by atoms with E-state index in [1.54, 1.807) is 13.4 Å². The van der Waals surface area contributed by atoms with Crippen LogP contribution < -0.4 is 4.90 Å². The second-order valence-electron chi connectivity index (χ2n) is 8.28. The summed E-state index contributed by atoms with van der Waals surface area (Å²) in [6, 6.07) is 12.8. The SMILES string of the molecule is CN=S(=O)(CCc1ccccc1)CC1CCC(N(C)c2ncnc3[nH]ccc23)CC1. The Kier molecular flexibility index (Phi) is 6.37. The summed E-state index contributed by atoms with van der Waals surface area (Å²) in [4.78, 5) is 14.3. The number of fused-ring (bicyclic) bond motifs is 1. The lowest BCUT2D eigenvalue weighted by molar-refractivity contribution is 0.342. The van der Waals surface area contributed by atoms with Gasteiger partial charge in [-0.3, -0.25) is 0 Å². The van der Waals surface area contributed by atoms with Crippen LogP contribution in [0.25, 0.3) is 11.0 Å². The van der Waals surface area contributed by atoms with Crippen molar-refractivity contribution in [1.29, 1.82) is 0 Å². The molecule has 1 unspecified atom stereocenters. The number of anilines is 1. The normalized spacial score (nSPS) is 21.3. The molecule has 1 atom stereocenters. The summed E-state index contributed by atoms with van der Waals surface area (Å²) < 4.78 is 17.7. The molecular formula is C23H31N5OS. The monoisotopic (exact) mass is 425 g/mol. The molecule has 1 saturated carbocycles. The molecule has 0 bridgehead atoms. The number of nitrogens with one attached hydrogen (secondary N) is 1. The molecule has 1 aliphatic rings. The Balaban J connectivity index is 1.34. The second kappa shape index (κ2) is 9.16. The smallest absolute Gasteiger partial charge is 0.142 e. The first-order valence-corrected chi connectivity index (χ1v) is 12.6. The van der Waals surface area contributed by atoms with Crippen LogP contribution in [0.2, 0.25) is 0 Å². The first kappa shape index (κ1) is 20.8. The molecule has 3 aromatic rings. The Morgan fingerprint density at radius 1 is 1.13 bits per heavy atom. The minimum atomic E-state index is -2.15.